The van der Waals surface area contributed by atoms with E-state index in [4.69, 9.17) is 11.6 Å². The number of H-pyrrole nitrogens is 1. The Bertz CT molecular complexity index is 611. The predicted molar refractivity (Wildman–Crippen MR) is 75.3 cm³/mol. The minimum Gasteiger partial charge on any atom is -0.349 e. The fourth-order valence-electron chi connectivity index (χ4n) is 1.98. The second-order valence-corrected chi connectivity index (χ2v) is 5.19. The Hall–Kier alpha value is -2.02. The summed E-state index contributed by atoms with van der Waals surface area (Å²) in [5.41, 5.74) is 0.874. The van der Waals surface area contributed by atoms with Gasteiger partial charge in [0.15, 0.2) is 0 Å². The number of hydrogen-bond donors (Lipinski definition) is 2. The van der Waals surface area contributed by atoms with Crippen LogP contribution in [-0.2, 0) is 11.2 Å². The maximum absolute atomic E-state index is 12.7. The quantitative estimate of drug-likeness (QED) is 0.882. The molecule has 118 valence electrons. The zero-order valence-electron chi connectivity index (χ0n) is 11.3. The van der Waals surface area contributed by atoms with Gasteiger partial charge in [-0.1, -0.05) is 23.7 Å². The van der Waals surface area contributed by atoms with E-state index in [9.17, 15) is 18.0 Å². The number of alkyl halides is 3. The third-order valence-electron chi connectivity index (χ3n) is 2.95. The Kier molecular flexibility index (Phi) is 5.07. The van der Waals surface area contributed by atoms with Gasteiger partial charge in [-0.15, -0.1) is 0 Å². The molecule has 2 N–H and O–H groups in total. The number of rotatable bonds is 5. The molecule has 2 rings (SSSR count). The summed E-state index contributed by atoms with van der Waals surface area (Å²) in [4.78, 5) is 11.9. The monoisotopic (exact) mass is 331 g/mol. The van der Waals surface area contributed by atoms with Crippen molar-refractivity contribution in [2.45, 2.75) is 25.1 Å². The molecule has 1 heterocycles. The van der Waals surface area contributed by atoms with Gasteiger partial charge in [-0.25, -0.2) is 0 Å². The van der Waals surface area contributed by atoms with Crippen molar-refractivity contribution in [1.82, 2.24) is 15.5 Å². The van der Waals surface area contributed by atoms with E-state index >= 15 is 0 Å². The second kappa shape index (κ2) is 6.83. The first-order valence-corrected chi connectivity index (χ1v) is 6.81. The van der Waals surface area contributed by atoms with Crippen LogP contribution >= 0.6 is 11.6 Å². The molecule has 0 aliphatic rings. The van der Waals surface area contributed by atoms with E-state index in [1.54, 1.807) is 6.07 Å². The molecule has 0 saturated carbocycles. The number of nitrogens with one attached hydrogen (secondary N) is 2. The van der Waals surface area contributed by atoms with E-state index in [1.807, 2.05) is 0 Å². The maximum atomic E-state index is 12.7. The molecule has 0 aliphatic heterocycles. The van der Waals surface area contributed by atoms with Gasteiger partial charge in [-0.2, -0.15) is 18.3 Å². The molecule has 4 nitrogen and oxygen atoms in total. The van der Waals surface area contributed by atoms with Crippen molar-refractivity contribution < 1.29 is 18.0 Å². The van der Waals surface area contributed by atoms with Crippen molar-refractivity contribution in [3.63, 3.8) is 0 Å². The third-order valence-corrected chi connectivity index (χ3v) is 3.20. The smallest absolute Gasteiger partial charge is 0.349 e. The van der Waals surface area contributed by atoms with Crippen molar-refractivity contribution in [3.8, 4) is 0 Å². The number of aromatic nitrogens is 2. The molecule has 0 spiro atoms. The van der Waals surface area contributed by atoms with E-state index in [0.717, 1.165) is 0 Å². The lowest BCUT2D eigenvalue weighted by atomic mass is 10.0. The molecule has 1 amide bonds. The zero-order chi connectivity index (χ0) is 16.2. The van der Waals surface area contributed by atoms with Crippen molar-refractivity contribution in [3.05, 3.63) is 52.8 Å². The number of aromatic amines is 1. The van der Waals surface area contributed by atoms with Crippen LogP contribution in [0.4, 0.5) is 13.2 Å². The summed E-state index contributed by atoms with van der Waals surface area (Å²) in [7, 11) is 0. The largest absolute Gasteiger partial charge is 0.391 e. The number of carbonyl (C=O) groups excluding carboxylic acids is 1. The van der Waals surface area contributed by atoms with Gasteiger partial charge in [0, 0.05) is 16.9 Å². The van der Waals surface area contributed by atoms with Gasteiger partial charge in [0.05, 0.1) is 18.9 Å². The first kappa shape index (κ1) is 16.4. The molecule has 1 atom stereocenters. The predicted octanol–water partition coefficient (Wildman–Crippen LogP) is 3.42. The molecule has 8 heteroatoms. The van der Waals surface area contributed by atoms with Gasteiger partial charge < -0.3 is 5.32 Å². The summed E-state index contributed by atoms with van der Waals surface area (Å²) in [6.07, 6.45) is -4.15. The van der Waals surface area contributed by atoms with Crippen molar-refractivity contribution in [2.24, 2.45) is 0 Å². The first-order chi connectivity index (χ1) is 10.3. The topological polar surface area (TPSA) is 57.8 Å². The van der Waals surface area contributed by atoms with Crippen LogP contribution in [0.25, 0.3) is 0 Å². The lowest BCUT2D eigenvalue weighted by Gasteiger charge is -2.20. The number of amides is 1. The maximum Gasteiger partial charge on any atom is 0.391 e. The van der Waals surface area contributed by atoms with Crippen LogP contribution in [0.1, 0.15) is 23.7 Å². The molecule has 0 fully saturated rings. The summed E-state index contributed by atoms with van der Waals surface area (Å²) in [6, 6.07) is 6.33. The molecular weight excluding hydrogens is 319 g/mol. The highest BCUT2D eigenvalue weighted by Gasteiger charge is 2.33. The molecule has 0 bridgehead atoms. The molecule has 0 saturated heterocycles. The van der Waals surface area contributed by atoms with Crippen LogP contribution in [0.5, 0.6) is 0 Å². The Morgan fingerprint density at radius 3 is 2.50 bits per heavy atom. The van der Waals surface area contributed by atoms with E-state index in [1.165, 1.54) is 30.5 Å². The zero-order valence-corrected chi connectivity index (χ0v) is 12.1. The molecule has 2 aromatic rings. The number of hydrogen-bond acceptors (Lipinski definition) is 2. The van der Waals surface area contributed by atoms with Crippen LogP contribution in [0.3, 0.4) is 0 Å². The normalized spacial score (nSPS) is 12.9. The standard InChI is InChI=1S/C14H13ClF3N3O/c15-10-3-1-9(2-4-10)12(8-14(16,17)18)20-13(22)7-11-5-6-19-21-11/h1-6,12H,7-8H2,(H,19,21)(H,20,22). The molecule has 1 aromatic heterocycles. The highest BCUT2D eigenvalue weighted by Crippen LogP contribution is 2.30. The molecule has 1 aromatic carbocycles. The van der Waals surface area contributed by atoms with Crippen molar-refractivity contribution >= 4 is 17.5 Å². The minimum absolute atomic E-state index is 0.0675. The van der Waals surface area contributed by atoms with E-state index in [-0.39, 0.29) is 6.42 Å². The van der Waals surface area contributed by atoms with Gasteiger partial charge in [0.25, 0.3) is 0 Å². The van der Waals surface area contributed by atoms with E-state index in [2.05, 4.69) is 15.5 Å². The van der Waals surface area contributed by atoms with Gasteiger partial charge >= 0.3 is 6.18 Å². The Morgan fingerprint density at radius 2 is 1.95 bits per heavy atom. The Balaban J connectivity index is 2.10. The van der Waals surface area contributed by atoms with Crippen LogP contribution in [0.2, 0.25) is 5.02 Å². The highest BCUT2D eigenvalue weighted by molar-refractivity contribution is 6.30. The summed E-state index contributed by atoms with van der Waals surface area (Å²) < 4.78 is 38.1. The lowest BCUT2D eigenvalue weighted by Crippen LogP contribution is -2.33. The van der Waals surface area contributed by atoms with Gasteiger partial charge in [0.2, 0.25) is 5.91 Å². The summed E-state index contributed by atoms with van der Waals surface area (Å²) in [5, 5.41) is 9.08. The summed E-state index contributed by atoms with van der Waals surface area (Å²) >= 11 is 5.73. The number of benzene rings is 1. The van der Waals surface area contributed by atoms with E-state index in [0.29, 0.717) is 16.3 Å². The lowest BCUT2D eigenvalue weighted by molar-refractivity contribution is -0.142. The molecule has 1 unspecified atom stereocenters. The average molecular weight is 332 g/mol. The molecule has 0 aliphatic carbocycles. The number of carbonyl (C=O) groups is 1. The number of nitrogens with zero attached hydrogens (tertiary/aromatic N) is 1. The second-order valence-electron chi connectivity index (χ2n) is 4.75. The van der Waals surface area contributed by atoms with Gasteiger partial charge in [-0.05, 0) is 23.8 Å². The molecule has 22 heavy (non-hydrogen) atoms. The SMILES string of the molecule is O=C(Cc1ccn[nH]1)NC(CC(F)(F)F)c1ccc(Cl)cc1. The molecular formula is C14H13ClF3N3O. The average Bonchev–Trinajstić information content (AvgIpc) is 2.90. The van der Waals surface area contributed by atoms with Crippen molar-refractivity contribution in [2.75, 3.05) is 0 Å². The van der Waals surface area contributed by atoms with Crippen LogP contribution < -0.4 is 5.32 Å². The summed E-state index contributed by atoms with van der Waals surface area (Å²) in [6.45, 7) is 0. The van der Waals surface area contributed by atoms with Gasteiger partial charge in [0.1, 0.15) is 0 Å². The van der Waals surface area contributed by atoms with E-state index < -0.39 is 24.5 Å². The highest BCUT2D eigenvalue weighted by atomic mass is 35.5. The fraction of sp³-hybridized carbons (Fsp3) is 0.286. The van der Waals surface area contributed by atoms with Crippen molar-refractivity contribution in [1.29, 1.82) is 0 Å². The number of halogens is 4. The fourth-order valence-corrected chi connectivity index (χ4v) is 2.11. The third kappa shape index (κ3) is 5.07. The van der Waals surface area contributed by atoms with Crippen LogP contribution in [-0.4, -0.2) is 22.3 Å². The molecule has 0 radical (unpaired) electrons. The Labute approximate surface area is 129 Å². The minimum atomic E-state index is -4.40. The van der Waals surface area contributed by atoms with Gasteiger partial charge in [-0.3, -0.25) is 9.89 Å². The van der Waals surface area contributed by atoms with Crippen LogP contribution in [0, 0.1) is 0 Å². The Morgan fingerprint density at radius 1 is 1.27 bits per heavy atom. The summed E-state index contributed by atoms with van der Waals surface area (Å²) in [5.74, 6) is -0.520. The first-order valence-electron chi connectivity index (χ1n) is 6.43. The van der Waals surface area contributed by atoms with Crippen LogP contribution in [0.15, 0.2) is 36.5 Å².